The fraction of sp³-hybridized carbons (Fsp3) is 0.600. The van der Waals surface area contributed by atoms with Crippen molar-refractivity contribution in [2.75, 3.05) is 6.54 Å². The van der Waals surface area contributed by atoms with Crippen LogP contribution in [0.15, 0.2) is 18.2 Å². The first kappa shape index (κ1) is 14.8. The molecule has 0 radical (unpaired) electrons. The fourth-order valence-electron chi connectivity index (χ4n) is 3.06. The van der Waals surface area contributed by atoms with Crippen LogP contribution in [0.5, 0.6) is 0 Å². The zero-order chi connectivity index (χ0) is 13.9. The minimum Gasteiger partial charge on any atom is -0.388 e. The molecule has 0 bridgehead atoms. The van der Waals surface area contributed by atoms with E-state index < -0.39 is 11.9 Å². The second-order valence-corrected chi connectivity index (χ2v) is 5.96. The third-order valence-electron chi connectivity index (χ3n) is 4.35. The average Bonchev–Trinajstić information content (AvgIpc) is 2.67. The molecular formula is C15H21ClFNO. The molecular weight excluding hydrogens is 265 g/mol. The summed E-state index contributed by atoms with van der Waals surface area (Å²) in [5.74, 6) is -0.487. The molecule has 0 spiro atoms. The first-order valence-corrected chi connectivity index (χ1v) is 7.30. The second-order valence-electron chi connectivity index (χ2n) is 5.56. The van der Waals surface area contributed by atoms with Gasteiger partial charge in [0.2, 0.25) is 0 Å². The maximum atomic E-state index is 13.5. The molecule has 2 nitrogen and oxygen atoms in total. The summed E-state index contributed by atoms with van der Waals surface area (Å²) in [6, 6.07) is 4.52. The van der Waals surface area contributed by atoms with Gasteiger partial charge in [0, 0.05) is 12.0 Å². The molecule has 106 valence electrons. The van der Waals surface area contributed by atoms with E-state index >= 15 is 0 Å². The van der Waals surface area contributed by atoms with Crippen LogP contribution in [0.3, 0.4) is 0 Å². The highest BCUT2D eigenvalue weighted by Gasteiger charge is 2.37. The fourth-order valence-corrected chi connectivity index (χ4v) is 3.18. The Morgan fingerprint density at radius 3 is 2.42 bits per heavy atom. The zero-order valence-corrected chi connectivity index (χ0v) is 11.8. The van der Waals surface area contributed by atoms with Gasteiger partial charge in [0.1, 0.15) is 5.82 Å². The Labute approximate surface area is 118 Å². The van der Waals surface area contributed by atoms with Crippen molar-refractivity contribution in [3.63, 3.8) is 0 Å². The van der Waals surface area contributed by atoms with E-state index in [0.29, 0.717) is 12.1 Å². The first-order chi connectivity index (χ1) is 9.09. The zero-order valence-electron chi connectivity index (χ0n) is 11.0. The van der Waals surface area contributed by atoms with Crippen molar-refractivity contribution >= 4 is 11.6 Å². The van der Waals surface area contributed by atoms with Gasteiger partial charge in [0.25, 0.3) is 0 Å². The van der Waals surface area contributed by atoms with Crippen molar-refractivity contribution in [1.82, 2.24) is 0 Å². The average molecular weight is 286 g/mol. The summed E-state index contributed by atoms with van der Waals surface area (Å²) in [7, 11) is 0. The molecule has 1 aromatic carbocycles. The van der Waals surface area contributed by atoms with Crippen LogP contribution in [0.4, 0.5) is 4.39 Å². The van der Waals surface area contributed by atoms with E-state index in [1.165, 1.54) is 25.0 Å². The molecule has 0 saturated heterocycles. The van der Waals surface area contributed by atoms with Crippen LogP contribution in [-0.4, -0.2) is 11.7 Å². The number of aliphatic hydroxyl groups excluding tert-OH is 1. The third kappa shape index (κ3) is 3.10. The monoisotopic (exact) mass is 285 g/mol. The molecule has 3 N–H and O–H groups in total. The highest BCUT2D eigenvalue weighted by Crippen LogP contribution is 2.44. The first-order valence-electron chi connectivity index (χ1n) is 6.92. The molecule has 2 rings (SSSR count). The predicted octanol–water partition coefficient (Wildman–Crippen LogP) is 3.81. The number of benzene rings is 1. The highest BCUT2D eigenvalue weighted by atomic mass is 35.5. The van der Waals surface area contributed by atoms with Crippen LogP contribution in [0.25, 0.3) is 0 Å². The number of hydrogen-bond donors (Lipinski definition) is 2. The molecule has 0 heterocycles. The SMILES string of the molecule is NCC1(C(O)c2ccc(Cl)c(F)c2)CCCCCC1. The smallest absolute Gasteiger partial charge is 0.142 e. The van der Waals surface area contributed by atoms with E-state index in [1.54, 1.807) is 6.07 Å². The van der Waals surface area contributed by atoms with E-state index in [-0.39, 0.29) is 10.4 Å². The lowest BCUT2D eigenvalue weighted by Crippen LogP contribution is -2.36. The minimum atomic E-state index is -0.720. The van der Waals surface area contributed by atoms with Gasteiger partial charge in [-0.1, -0.05) is 43.4 Å². The standard InChI is InChI=1S/C15H21ClFNO/c16-12-6-5-11(9-13(12)17)14(19)15(10-18)7-3-1-2-4-8-15/h5-6,9,14,19H,1-4,7-8,10,18H2. The number of halogens is 2. The summed E-state index contributed by atoms with van der Waals surface area (Å²) >= 11 is 5.68. The molecule has 0 aromatic heterocycles. The van der Waals surface area contributed by atoms with Crippen LogP contribution in [0.1, 0.15) is 50.2 Å². The Morgan fingerprint density at radius 1 is 1.26 bits per heavy atom. The molecule has 1 atom stereocenters. The van der Waals surface area contributed by atoms with Gasteiger partial charge in [-0.2, -0.15) is 0 Å². The van der Waals surface area contributed by atoms with Crippen molar-refractivity contribution in [2.45, 2.75) is 44.6 Å². The van der Waals surface area contributed by atoms with Crippen LogP contribution in [0, 0.1) is 11.2 Å². The number of hydrogen-bond acceptors (Lipinski definition) is 2. The van der Waals surface area contributed by atoms with Gasteiger partial charge >= 0.3 is 0 Å². The molecule has 1 unspecified atom stereocenters. The van der Waals surface area contributed by atoms with E-state index in [0.717, 1.165) is 25.7 Å². The van der Waals surface area contributed by atoms with Crippen LogP contribution in [0.2, 0.25) is 5.02 Å². The molecule has 1 aliphatic carbocycles. The van der Waals surface area contributed by atoms with Crippen molar-refractivity contribution in [2.24, 2.45) is 11.1 Å². The topological polar surface area (TPSA) is 46.2 Å². The van der Waals surface area contributed by atoms with Crippen LogP contribution in [-0.2, 0) is 0 Å². The minimum absolute atomic E-state index is 0.0821. The van der Waals surface area contributed by atoms with Gasteiger partial charge in [-0.05, 0) is 30.5 Å². The summed E-state index contributed by atoms with van der Waals surface area (Å²) in [5.41, 5.74) is 6.19. The Bertz CT molecular complexity index is 430. The molecule has 0 amide bonds. The van der Waals surface area contributed by atoms with Crippen molar-refractivity contribution in [3.8, 4) is 0 Å². The van der Waals surface area contributed by atoms with Gasteiger partial charge in [-0.15, -0.1) is 0 Å². The van der Waals surface area contributed by atoms with E-state index in [2.05, 4.69) is 0 Å². The molecule has 1 fully saturated rings. The summed E-state index contributed by atoms with van der Waals surface area (Å²) in [4.78, 5) is 0. The summed E-state index contributed by atoms with van der Waals surface area (Å²) < 4.78 is 13.5. The van der Waals surface area contributed by atoms with Crippen molar-refractivity contribution in [3.05, 3.63) is 34.6 Å². The van der Waals surface area contributed by atoms with Gasteiger partial charge in [-0.3, -0.25) is 0 Å². The van der Waals surface area contributed by atoms with Crippen molar-refractivity contribution in [1.29, 1.82) is 0 Å². The van der Waals surface area contributed by atoms with Gasteiger partial charge in [0.15, 0.2) is 0 Å². The van der Waals surface area contributed by atoms with E-state index in [9.17, 15) is 9.50 Å². The lowest BCUT2D eigenvalue weighted by molar-refractivity contribution is 0.0164. The normalized spacial score (nSPS) is 20.8. The largest absolute Gasteiger partial charge is 0.388 e. The van der Waals surface area contributed by atoms with Crippen LogP contribution >= 0.6 is 11.6 Å². The van der Waals surface area contributed by atoms with Gasteiger partial charge < -0.3 is 10.8 Å². The number of rotatable bonds is 3. The van der Waals surface area contributed by atoms with Gasteiger partial charge in [-0.25, -0.2) is 4.39 Å². The second kappa shape index (κ2) is 6.21. The third-order valence-corrected chi connectivity index (χ3v) is 4.65. The van der Waals surface area contributed by atoms with E-state index in [4.69, 9.17) is 17.3 Å². The Morgan fingerprint density at radius 2 is 1.89 bits per heavy atom. The maximum Gasteiger partial charge on any atom is 0.142 e. The van der Waals surface area contributed by atoms with Gasteiger partial charge in [0.05, 0.1) is 11.1 Å². The van der Waals surface area contributed by atoms with Crippen molar-refractivity contribution < 1.29 is 9.50 Å². The quantitative estimate of drug-likeness (QED) is 0.830. The molecule has 1 saturated carbocycles. The predicted molar refractivity (Wildman–Crippen MR) is 75.6 cm³/mol. The molecule has 0 aliphatic heterocycles. The Kier molecular flexibility index (Phi) is 4.82. The summed E-state index contributed by atoms with van der Waals surface area (Å²) in [6.07, 6.45) is 5.59. The highest BCUT2D eigenvalue weighted by molar-refractivity contribution is 6.30. The lowest BCUT2D eigenvalue weighted by atomic mass is 9.73. The molecule has 1 aliphatic rings. The lowest BCUT2D eigenvalue weighted by Gasteiger charge is -2.36. The van der Waals surface area contributed by atoms with E-state index in [1.807, 2.05) is 0 Å². The Hall–Kier alpha value is -0.640. The number of nitrogens with two attached hydrogens (primary N) is 1. The maximum absolute atomic E-state index is 13.5. The summed E-state index contributed by atoms with van der Waals surface area (Å²) in [6.45, 7) is 0.429. The Balaban J connectivity index is 2.28. The molecule has 1 aromatic rings. The number of aliphatic hydroxyl groups is 1. The van der Waals surface area contributed by atoms with Crippen LogP contribution < -0.4 is 5.73 Å². The summed E-state index contributed by atoms with van der Waals surface area (Å²) in [5, 5.41) is 10.7. The molecule has 4 heteroatoms. The molecule has 19 heavy (non-hydrogen) atoms.